The van der Waals surface area contributed by atoms with Gasteiger partial charge in [0, 0.05) is 4.90 Å². The molecule has 1 aromatic rings. The zero-order valence-corrected chi connectivity index (χ0v) is 10.8. The quantitative estimate of drug-likeness (QED) is 0.279. The van der Waals surface area contributed by atoms with Crippen molar-refractivity contribution in [2.75, 3.05) is 5.75 Å². The number of nitrogens with zero attached hydrogens (tertiary/aromatic N) is 1. The average Bonchev–Trinajstić information content (AvgIpc) is 2.24. The highest BCUT2D eigenvalue weighted by Gasteiger charge is 2.09. The molecule has 0 fully saturated rings. The normalized spacial score (nSPS) is 12.6. The predicted octanol–water partition coefficient (Wildman–Crippen LogP) is 2.44. The molecule has 0 radical (unpaired) electrons. The molecule has 16 heavy (non-hydrogen) atoms. The van der Waals surface area contributed by atoms with Crippen molar-refractivity contribution >= 4 is 17.6 Å². The van der Waals surface area contributed by atoms with Gasteiger partial charge >= 0.3 is 0 Å². The molecule has 0 aromatic heterocycles. The molecule has 0 saturated heterocycles. The van der Waals surface area contributed by atoms with Crippen LogP contribution in [0.4, 0.5) is 0 Å². The Morgan fingerprint density at radius 1 is 1.31 bits per heavy atom. The number of nitrogens with two attached hydrogens (primary N) is 1. The van der Waals surface area contributed by atoms with Crippen molar-refractivity contribution in [1.82, 2.24) is 5.43 Å². The molecule has 1 rings (SSSR count). The number of hydrogen-bond acceptors (Lipinski definition) is 3. The van der Waals surface area contributed by atoms with Gasteiger partial charge in [0.2, 0.25) is 0 Å². The molecule has 3 N–H and O–H groups in total. The summed E-state index contributed by atoms with van der Waals surface area (Å²) in [7, 11) is 0. The molecule has 0 spiro atoms. The van der Waals surface area contributed by atoms with Crippen LogP contribution in [-0.4, -0.2) is 17.1 Å². The molecule has 0 heterocycles. The van der Waals surface area contributed by atoms with E-state index in [1.54, 1.807) is 11.8 Å². The van der Waals surface area contributed by atoms with Gasteiger partial charge in [-0.05, 0) is 32.9 Å². The van der Waals surface area contributed by atoms with Gasteiger partial charge in [0.15, 0.2) is 0 Å². The van der Waals surface area contributed by atoms with E-state index in [-0.39, 0.29) is 5.54 Å². The number of benzene rings is 1. The predicted molar refractivity (Wildman–Crippen MR) is 71.7 cm³/mol. The van der Waals surface area contributed by atoms with Gasteiger partial charge in [-0.3, -0.25) is 4.99 Å². The van der Waals surface area contributed by atoms with E-state index in [0.717, 1.165) is 11.6 Å². The lowest BCUT2D eigenvalue weighted by atomic mass is 10.1. The molecule has 3 nitrogen and oxygen atoms in total. The Kier molecular flexibility index (Phi) is 4.83. The maximum absolute atomic E-state index is 5.45. The first-order valence-electron chi connectivity index (χ1n) is 5.24. The number of thioether (sulfide) groups is 1. The van der Waals surface area contributed by atoms with E-state index in [4.69, 9.17) is 5.84 Å². The smallest absolute Gasteiger partial charge is 0.121 e. The van der Waals surface area contributed by atoms with Crippen LogP contribution in [0.25, 0.3) is 0 Å². The van der Waals surface area contributed by atoms with E-state index in [9.17, 15) is 0 Å². The summed E-state index contributed by atoms with van der Waals surface area (Å²) >= 11 is 1.72. The van der Waals surface area contributed by atoms with Crippen LogP contribution in [0.3, 0.4) is 0 Å². The fraction of sp³-hybridized carbons (Fsp3) is 0.417. The molecule has 1 aromatic carbocycles. The number of hydrogen-bond donors (Lipinski definition) is 2. The summed E-state index contributed by atoms with van der Waals surface area (Å²) in [5.41, 5.74) is 2.56. The maximum Gasteiger partial charge on any atom is 0.121 e. The van der Waals surface area contributed by atoms with Crippen LogP contribution in [0.15, 0.2) is 40.2 Å². The number of amidine groups is 1. The highest BCUT2D eigenvalue weighted by molar-refractivity contribution is 8.00. The van der Waals surface area contributed by atoms with Gasteiger partial charge in [-0.25, -0.2) is 5.84 Å². The average molecular weight is 237 g/mol. The number of rotatable bonds is 3. The minimum absolute atomic E-state index is 0.0983. The van der Waals surface area contributed by atoms with Gasteiger partial charge in [0.1, 0.15) is 5.84 Å². The molecule has 0 saturated carbocycles. The summed E-state index contributed by atoms with van der Waals surface area (Å²) in [6.07, 6.45) is 0. The zero-order chi connectivity index (χ0) is 12.0. The summed E-state index contributed by atoms with van der Waals surface area (Å²) < 4.78 is 0. The highest BCUT2D eigenvalue weighted by Crippen LogP contribution is 2.17. The third kappa shape index (κ3) is 5.19. The molecule has 0 unspecified atom stereocenters. The zero-order valence-electron chi connectivity index (χ0n) is 10.0. The Morgan fingerprint density at radius 3 is 2.44 bits per heavy atom. The Morgan fingerprint density at radius 2 is 1.94 bits per heavy atom. The van der Waals surface area contributed by atoms with Gasteiger partial charge < -0.3 is 5.43 Å². The number of nitrogens with one attached hydrogen (secondary N) is 1. The van der Waals surface area contributed by atoms with Gasteiger partial charge in [-0.2, -0.15) is 0 Å². The van der Waals surface area contributed by atoms with E-state index in [0.29, 0.717) is 0 Å². The maximum atomic E-state index is 5.45. The van der Waals surface area contributed by atoms with E-state index in [1.807, 2.05) is 18.2 Å². The number of hydrazine groups is 1. The second-order valence-electron chi connectivity index (χ2n) is 4.48. The summed E-state index contributed by atoms with van der Waals surface area (Å²) in [5, 5.41) is 0. The third-order valence-corrected chi connectivity index (χ3v) is 2.78. The Labute approximate surface area is 101 Å². The van der Waals surface area contributed by atoms with Crippen LogP contribution in [0.5, 0.6) is 0 Å². The van der Waals surface area contributed by atoms with Crippen LogP contribution in [0.2, 0.25) is 0 Å². The minimum atomic E-state index is -0.0983. The van der Waals surface area contributed by atoms with Crippen molar-refractivity contribution in [2.24, 2.45) is 10.8 Å². The van der Waals surface area contributed by atoms with Crippen molar-refractivity contribution in [3.63, 3.8) is 0 Å². The Hall–Kier alpha value is -1.00. The van der Waals surface area contributed by atoms with Crippen LogP contribution in [0.1, 0.15) is 20.8 Å². The molecule has 88 valence electrons. The van der Waals surface area contributed by atoms with Crippen molar-refractivity contribution in [3.8, 4) is 0 Å². The molecule has 0 aliphatic rings. The lowest BCUT2D eigenvalue weighted by Gasteiger charge is -2.15. The van der Waals surface area contributed by atoms with E-state index < -0.39 is 0 Å². The van der Waals surface area contributed by atoms with Crippen molar-refractivity contribution in [2.45, 2.75) is 31.2 Å². The summed E-state index contributed by atoms with van der Waals surface area (Å²) in [6.45, 7) is 6.16. The summed E-state index contributed by atoms with van der Waals surface area (Å²) in [5.74, 6) is 7.03. The monoisotopic (exact) mass is 237 g/mol. The van der Waals surface area contributed by atoms with Gasteiger partial charge in [0.05, 0.1) is 11.3 Å². The van der Waals surface area contributed by atoms with Crippen molar-refractivity contribution in [3.05, 3.63) is 30.3 Å². The van der Waals surface area contributed by atoms with Gasteiger partial charge in [0.25, 0.3) is 0 Å². The third-order valence-electron chi connectivity index (χ3n) is 1.76. The molecule has 0 aliphatic heterocycles. The van der Waals surface area contributed by atoms with Gasteiger partial charge in [-0.1, -0.05) is 18.2 Å². The van der Waals surface area contributed by atoms with Crippen LogP contribution in [-0.2, 0) is 0 Å². The molecular weight excluding hydrogens is 218 g/mol. The molecular formula is C12H19N3S. The van der Waals surface area contributed by atoms with E-state index >= 15 is 0 Å². The topological polar surface area (TPSA) is 50.4 Å². The fourth-order valence-electron chi connectivity index (χ4n) is 1.18. The van der Waals surface area contributed by atoms with E-state index in [2.05, 4.69) is 43.3 Å². The fourth-order valence-corrected chi connectivity index (χ4v) is 1.98. The number of aliphatic imine (C=N–C) groups is 1. The first-order chi connectivity index (χ1) is 7.51. The molecule has 0 bridgehead atoms. The summed E-state index contributed by atoms with van der Waals surface area (Å²) in [4.78, 5) is 5.72. The standard InChI is InChI=1S/C12H19N3S/c1-12(2,3)14-11(15-13)9-16-10-7-5-4-6-8-10/h4-8H,9,13H2,1-3H3,(H,14,15). The largest absolute Gasteiger partial charge is 0.312 e. The van der Waals surface area contributed by atoms with Crippen LogP contribution >= 0.6 is 11.8 Å². The lowest BCUT2D eigenvalue weighted by Crippen LogP contribution is -2.34. The first-order valence-corrected chi connectivity index (χ1v) is 6.23. The second kappa shape index (κ2) is 5.92. The molecule has 0 aliphatic carbocycles. The van der Waals surface area contributed by atoms with E-state index in [1.165, 1.54) is 4.90 Å². The minimum Gasteiger partial charge on any atom is -0.312 e. The van der Waals surface area contributed by atoms with Crippen LogP contribution < -0.4 is 11.3 Å². The van der Waals surface area contributed by atoms with Crippen LogP contribution in [0, 0.1) is 0 Å². The summed E-state index contributed by atoms with van der Waals surface area (Å²) in [6, 6.07) is 10.2. The first kappa shape index (κ1) is 13.1. The highest BCUT2D eigenvalue weighted by atomic mass is 32.2. The van der Waals surface area contributed by atoms with Gasteiger partial charge in [-0.15, -0.1) is 11.8 Å². The Balaban J connectivity index is 2.56. The SMILES string of the molecule is CC(C)(C)N=C(CSc1ccccc1)NN. The lowest BCUT2D eigenvalue weighted by molar-refractivity contribution is 0.579. The molecule has 4 heteroatoms. The molecule has 0 atom stereocenters. The van der Waals surface area contributed by atoms with Crippen molar-refractivity contribution in [1.29, 1.82) is 0 Å². The Bertz CT molecular complexity index is 341. The second-order valence-corrected chi connectivity index (χ2v) is 5.52. The molecule has 0 amide bonds. The van der Waals surface area contributed by atoms with Crippen molar-refractivity contribution < 1.29 is 0 Å².